The standard InChI is InChI=1S/C12H22F2N2O2/c1-3-4-6-15-11(18)9(2)16-7-5-10(17)12(13,14)8-16/h9-10,17H,3-8H2,1-2H3,(H,15,18)/t9-,10-/m1/s1. The zero-order valence-electron chi connectivity index (χ0n) is 11.0. The number of unbranched alkanes of at least 4 members (excludes halogenated alkanes) is 1. The highest BCUT2D eigenvalue weighted by Gasteiger charge is 2.45. The van der Waals surface area contributed by atoms with Gasteiger partial charge in [0.15, 0.2) is 0 Å². The molecule has 0 aliphatic carbocycles. The Morgan fingerprint density at radius 3 is 2.83 bits per heavy atom. The summed E-state index contributed by atoms with van der Waals surface area (Å²) in [4.78, 5) is 13.2. The van der Waals surface area contributed by atoms with Gasteiger partial charge >= 0.3 is 0 Å². The van der Waals surface area contributed by atoms with Gasteiger partial charge in [-0.1, -0.05) is 13.3 Å². The summed E-state index contributed by atoms with van der Waals surface area (Å²) in [5.41, 5.74) is 0. The first-order valence-electron chi connectivity index (χ1n) is 6.46. The van der Waals surface area contributed by atoms with Gasteiger partial charge in [-0.3, -0.25) is 9.69 Å². The molecule has 1 saturated heterocycles. The first-order valence-corrected chi connectivity index (χ1v) is 6.46. The summed E-state index contributed by atoms with van der Waals surface area (Å²) in [6.07, 6.45) is 0.263. The number of hydrogen-bond donors (Lipinski definition) is 2. The van der Waals surface area contributed by atoms with Crippen molar-refractivity contribution in [2.45, 2.75) is 51.2 Å². The maximum absolute atomic E-state index is 13.4. The Balaban J connectivity index is 2.46. The highest BCUT2D eigenvalue weighted by atomic mass is 19.3. The second-order valence-electron chi connectivity index (χ2n) is 4.86. The highest BCUT2D eigenvalue weighted by molar-refractivity contribution is 5.81. The lowest BCUT2D eigenvalue weighted by Gasteiger charge is -2.38. The van der Waals surface area contributed by atoms with Crippen LogP contribution in [0.1, 0.15) is 33.1 Å². The molecule has 0 unspecified atom stereocenters. The van der Waals surface area contributed by atoms with E-state index in [1.807, 2.05) is 6.92 Å². The number of aliphatic hydroxyl groups excluding tert-OH is 1. The zero-order valence-corrected chi connectivity index (χ0v) is 11.0. The minimum Gasteiger partial charge on any atom is -0.387 e. The van der Waals surface area contributed by atoms with E-state index in [9.17, 15) is 18.7 Å². The second kappa shape index (κ2) is 6.43. The largest absolute Gasteiger partial charge is 0.387 e. The summed E-state index contributed by atoms with van der Waals surface area (Å²) < 4.78 is 26.7. The number of amides is 1. The van der Waals surface area contributed by atoms with E-state index in [0.29, 0.717) is 13.1 Å². The van der Waals surface area contributed by atoms with Crippen molar-refractivity contribution < 1.29 is 18.7 Å². The fourth-order valence-corrected chi connectivity index (χ4v) is 1.99. The van der Waals surface area contributed by atoms with Crippen molar-refractivity contribution in [1.82, 2.24) is 10.2 Å². The van der Waals surface area contributed by atoms with Gasteiger partial charge in [0, 0.05) is 13.1 Å². The Morgan fingerprint density at radius 2 is 2.28 bits per heavy atom. The van der Waals surface area contributed by atoms with Gasteiger partial charge in [-0.05, 0) is 19.8 Å². The Morgan fingerprint density at radius 1 is 1.61 bits per heavy atom. The molecule has 106 valence electrons. The van der Waals surface area contributed by atoms with E-state index in [4.69, 9.17) is 0 Å². The first kappa shape index (κ1) is 15.3. The Kier molecular flexibility index (Phi) is 5.47. The topological polar surface area (TPSA) is 52.6 Å². The van der Waals surface area contributed by atoms with E-state index in [2.05, 4.69) is 5.32 Å². The number of rotatable bonds is 5. The van der Waals surface area contributed by atoms with E-state index >= 15 is 0 Å². The fourth-order valence-electron chi connectivity index (χ4n) is 1.99. The molecule has 0 saturated carbocycles. The second-order valence-corrected chi connectivity index (χ2v) is 4.86. The lowest BCUT2D eigenvalue weighted by atomic mass is 10.0. The van der Waals surface area contributed by atoms with Crippen LogP contribution in [0.25, 0.3) is 0 Å². The number of piperidine rings is 1. The van der Waals surface area contributed by atoms with Crippen molar-refractivity contribution in [3.05, 3.63) is 0 Å². The van der Waals surface area contributed by atoms with Crippen LogP contribution in [0, 0.1) is 0 Å². The lowest BCUT2D eigenvalue weighted by molar-refractivity contribution is -0.159. The predicted octanol–water partition coefficient (Wildman–Crippen LogP) is 0.993. The van der Waals surface area contributed by atoms with Crippen LogP contribution in [-0.2, 0) is 4.79 Å². The molecule has 1 aliphatic rings. The van der Waals surface area contributed by atoms with Crippen molar-refractivity contribution in [2.75, 3.05) is 19.6 Å². The van der Waals surface area contributed by atoms with E-state index in [1.165, 1.54) is 4.90 Å². The molecule has 0 bridgehead atoms. The van der Waals surface area contributed by atoms with Gasteiger partial charge in [0.05, 0.1) is 12.6 Å². The van der Waals surface area contributed by atoms with Gasteiger partial charge < -0.3 is 10.4 Å². The van der Waals surface area contributed by atoms with Crippen molar-refractivity contribution in [2.24, 2.45) is 0 Å². The molecule has 0 radical (unpaired) electrons. The monoisotopic (exact) mass is 264 g/mol. The average molecular weight is 264 g/mol. The summed E-state index contributed by atoms with van der Waals surface area (Å²) in [6, 6.07) is -0.583. The molecule has 0 spiro atoms. The first-order chi connectivity index (χ1) is 8.38. The van der Waals surface area contributed by atoms with Crippen LogP contribution in [0.3, 0.4) is 0 Å². The van der Waals surface area contributed by atoms with Crippen LogP contribution >= 0.6 is 0 Å². The van der Waals surface area contributed by atoms with Gasteiger partial charge in [-0.2, -0.15) is 0 Å². The number of aliphatic hydroxyl groups is 1. The van der Waals surface area contributed by atoms with Gasteiger partial charge in [0.25, 0.3) is 5.92 Å². The van der Waals surface area contributed by atoms with Crippen molar-refractivity contribution >= 4 is 5.91 Å². The number of hydrogen-bond acceptors (Lipinski definition) is 3. The Labute approximate surface area is 106 Å². The fraction of sp³-hybridized carbons (Fsp3) is 0.917. The number of nitrogens with zero attached hydrogens (tertiary/aromatic N) is 1. The zero-order chi connectivity index (χ0) is 13.8. The molecule has 18 heavy (non-hydrogen) atoms. The van der Waals surface area contributed by atoms with Gasteiger partial charge in [0.2, 0.25) is 5.91 Å². The molecule has 0 aromatic carbocycles. The summed E-state index contributed by atoms with van der Waals surface area (Å²) >= 11 is 0. The molecule has 0 aromatic rings. The third-order valence-corrected chi connectivity index (χ3v) is 3.35. The molecular weight excluding hydrogens is 242 g/mol. The van der Waals surface area contributed by atoms with Crippen LogP contribution in [0.2, 0.25) is 0 Å². The van der Waals surface area contributed by atoms with E-state index in [1.54, 1.807) is 6.92 Å². The van der Waals surface area contributed by atoms with E-state index < -0.39 is 24.6 Å². The maximum atomic E-state index is 13.4. The number of nitrogens with one attached hydrogen (secondary N) is 1. The number of carbonyl (C=O) groups excluding carboxylic acids is 1. The average Bonchev–Trinajstić information content (AvgIpc) is 2.32. The smallest absolute Gasteiger partial charge is 0.285 e. The normalized spacial score (nSPS) is 25.7. The van der Waals surface area contributed by atoms with E-state index in [0.717, 1.165) is 12.8 Å². The minimum atomic E-state index is -3.13. The van der Waals surface area contributed by atoms with Crippen LogP contribution in [0.4, 0.5) is 8.78 Å². The molecular formula is C12H22F2N2O2. The number of alkyl halides is 2. The molecule has 1 rings (SSSR count). The van der Waals surface area contributed by atoms with Crippen LogP contribution in [-0.4, -0.2) is 53.6 Å². The predicted molar refractivity (Wildman–Crippen MR) is 64.5 cm³/mol. The quantitative estimate of drug-likeness (QED) is 0.728. The molecule has 2 atom stereocenters. The molecule has 1 fully saturated rings. The summed E-state index contributed by atoms with van der Waals surface area (Å²) in [6.45, 7) is 3.97. The van der Waals surface area contributed by atoms with Crippen LogP contribution < -0.4 is 5.32 Å². The molecule has 1 aliphatic heterocycles. The molecule has 1 heterocycles. The third kappa shape index (κ3) is 3.88. The van der Waals surface area contributed by atoms with Gasteiger partial charge in [0.1, 0.15) is 6.10 Å². The molecule has 6 heteroatoms. The molecule has 4 nitrogen and oxygen atoms in total. The Hall–Kier alpha value is -0.750. The maximum Gasteiger partial charge on any atom is 0.285 e. The number of carbonyl (C=O) groups is 1. The summed E-state index contributed by atoms with van der Waals surface area (Å²) in [7, 11) is 0. The van der Waals surface area contributed by atoms with Crippen LogP contribution in [0.5, 0.6) is 0 Å². The number of halogens is 2. The third-order valence-electron chi connectivity index (χ3n) is 3.35. The molecule has 1 amide bonds. The highest BCUT2D eigenvalue weighted by Crippen LogP contribution is 2.28. The van der Waals surface area contributed by atoms with Gasteiger partial charge in [-0.25, -0.2) is 8.78 Å². The van der Waals surface area contributed by atoms with Crippen LogP contribution in [0.15, 0.2) is 0 Å². The van der Waals surface area contributed by atoms with Crippen molar-refractivity contribution in [3.8, 4) is 0 Å². The molecule has 2 N–H and O–H groups in total. The SMILES string of the molecule is CCCCNC(=O)[C@@H](C)N1CC[C@@H](O)C(F)(F)C1. The van der Waals surface area contributed by atoms with E-state index in [-0.39, 0.29) is 12.3 Å². The lowest BCUT2D eigenvalue weighted by Crippen LogP contribution is -2.57. The molecule has 0 aromatic heterocycles. The Bertz CT molecular complexity index is 287. The number of likely N-dealkylation sites (tertiary alicyclic amines) is 1. The van der Waals surface area contributed by atoms with Crippen molar-refractivity contribution in [1.29, 1.82) is 0 Å². The van der Waals surface area contributed by atoms with Crippen molar-refractivity contribution in [3.63, 3.8) is 0 Å². The summed E-state index contributed by atoms with van der Waals surface area (Å²) in [5, 5.41) is 11.9. The minimum absolute atomic E-state index is 0.000417. The van der Waals surface area contributed by atoms with Gasteiger partial charge in [-0.15, -0.1) is 0 Å². The summed E-state index contributed by atoms with van der Waals surface area (Å²) in [5.74, 6) is -3.36.